The number of rotatable bonds is 9. The van der Waals surface area contributed by atoms with Gasteiger partial charge in [0.25, 0.3) is 21.5 Å². The summed E-state index contributed by atoms with van der Waals surface area (Å²) in [5.74, 6) is -0.0832. The summed E-state index contributed by atoms with van der Waals surface area (Å²) >= 11 is 14.5. The molecule has 0 aliphatic carbocycles. The first kappa shape index (κ1) is 31.3. The zero-order valence-electron chi connectivity index (χ0n) is 24.3. The molecular formula is C30H33Cl2N5O4S2. The van der Waals surface area contributed by atoms with Crippen LogP contribution in [0.2, 0.25) is 10.0 Å². The molecular weight excluding hydrogens is 629 g/mol. The molecule has 2 aromatic carbocycles. The molecule has 5 rings (SSSR count). The van der Waals surface area contributed by atoms with E-state index in [1.54, 1.807) is 66.2 Å². The predicted octanol–water partition coefficient (Wildman–Crippen LogP) is 5.56. The van der Waals surface area contributed by atoms with Crippen LogP contribution in [0.5, 0.6) is 0 Å². The number of thiophene rings is 1. The van der Waals surface area contributed by atoms with Gasteiger partial charge in [0.2, 0.25) is 0 Å². The van der Waals surface area contributed by atoms with E-state index in [1.165, 1.54) is 26.6 Å². The lowest BCUT2D eigenvalue weighted by Gasteiger charge is -2.22. The third-order valence-electron chi connectivity index (χ3n) is 7.75. The number of aryl methyl sites for hydroxylation is 1. The SMILES string of the molecule is Cc1ccc(CN2CCC(CN(C)C(=O)c3cc(Cl)c(Cl)c(S(=O)(=O)Nc4c(C)n(C)n(-c5ccccc5)c4=O)c3)C2)s1. The fourth-order valence-electron chi connectivity index (χ4n) is 5.44. The number of anilines is 1. The summed E-state index contributed by atoms with van der Waals surface area (Å²) < 4.78 is 32.5. The number of para-hydroxylation sites is 1. The third-order valence-corrected chi connectivity index (χ3v) is 11.0. The van der Waals surface area contributed by atoms with E-state index in [2.05, 4.69) is 28.7 Å². The van der Waals surface area contributed by atoms with Gasteiger partial charge in [0, 0.05) is 49.0 Å². The molecule has 1 aliphatic heterocycles. The molecule has 1 unspecified atom stereocenters. The minimum absolute atomic E-state index is 0.0777. The van der Waals surface area contributed by atoms with Gasteiger partial charge in [-0.1, -0.05) is 41.4 Å². The normalized spacial score (nSPS) is 15.6. The van der Waals surface area contributed by atoms with Crippen LogP contribution in [0.3, 0.4) is 0 Å². The largest absolute Gasteiger partial charge is 0.341 e. The van der Waals surface area contributed by atoms with Crippen LogP contribution in [0.1, 0.15) is 32.2 Å². The van der Waals surface area contributed by atoms with E-state index in [-0.39, 0.29) is 38.0 Å². The molecule has 9 nitrogen and oxygen atoms in total. The first-order valence-corrected chi connectivity index (χ1v) is 16.8. The van der Waals surface area contributed by atoms with Crippen molar-refractivity contribution < 1.29 is 13.2 Å². The Morgan fingerprint density at radius 2 is 1.84 bits per heavy atom. The van der Waals surface area contributed by atoms with E-state index >= 15 is 0 Å². The van der Waals surface area contributed by atoms with Crippen LogP contribution in [0.4, 0.5) is 5.69 Å². The first-order chi connectivity index (χ1) is 20.4. The smallest absolute Gasteiger partial charge is 0.296 e. The quantitative estimate of drug-likeness (QED) is 0.254. The summed E-state index contributed by atoms with van der Waals surface area (Å²) in [6.07, 6.45) is 0.962. The molecule has 0 saturated carbocycles. The lowest BCUT2D eigenvalue weighted by molar-refractivity contribution is 0.0773. The summed E-state index contributed by atoms with van der Waals surface area (Å²) in [6.45, 7) is 6.97. The van der Waals surface area contributed by atoms with E-state index in [0.29, 0.717) is 17.9 Å². The van der Waals surface area contributed by atoms with Crippen molar-refractivity contribution in [1.82, 2.24) is 19.2 Å². The maximum atomic E-state index is 13.6. The highest BCUT2D eigenvalue weighted by atomic mass is 35.5. The molecule has 1 amide bonds. The number of nitrogens with one attached hydrogen (secondary N) is 1. The topological polar surface area (TPSA) is 96.7 Å². The van der Waals surface area contributed by atoms with Gasteiger partial charge in [-0.25, -0.2) is 13.1 Å². The standard InChI is InChI=1S/C30H33Cl2N5O4S2/c1-19-10-11-24(42-19)18-36-13-12-21(17-36)16-34(3)29(38)22-14-25(31)27(32)26(15-22)43(40,41)33-28-20(2)35(4)37(30(28)39)23-8-6-5-7-9-23/h5-11,14-15,21,33H,12-13,16-18H2,1-4H3. The summed E-state index contributed by atoms with van der Waals surface area (Å²) in [5, 5.41) is -0.313. The van der Waals surface area contributed by atoms with Gasteiger partial charge in [0.1, 0.15) is 10.6 Å². The summed E-state index contributed by atoms with van der Waals surface area (Å²) in [6, 6.07) is 15.7. The molecule has 228 valence electrons. The van der Waals surface area contributed by atoms with Crippen molar-refractivity contribution in [2.24, 2.45) is 13.0 Å². The monoisotopic (exact) mass is 661 g/mol. The molecule has 1 saturated heterocycles. The fourth-order valence-corrected chi connectivity index (χ4v) is 8.31. The zero-order chi connectivity index (χ0) is 31.1. The molecule has 43 heavy (non-hydrogen) atoms. The van der Waals surface area contributed by atoms with Crippen LogP contribution in [-0.2, 0) is 23.6 Å². The van der Waals surface area contributed by atoms with E-state index in [4.69, 9.17) is 23.2 Å². The molecule has 4 aromatic rings. The number of hydrogen-bond donors (Lipinski definition) is 1. The van der Waals surface area contributed by atoms with E-state index in [1.807, 2.05) is 6.07 Å². The van der Waals surface area contributed by atoms with Gasteiger partial charge in [0.15, 0.2) is 0 Å². The molecule has 0 bridgehead atoms. The Labute approximate surface area is 265 Å². The maximum absolute atomic E-state index is 13.6. The Hall–Kier alpha value is -3.09. The Bertz CT molecular complexity index is 1830. The van der Waals surface area contributed by atoms with Gasteiger partial charge < -0.3 is 4.90 Å². The number of carbonyl (C=O) groups is 1. The Morgan fingerprint density at radius 3 is 2.51 bits per heavy atom. The van der Waals surface area contributed by atoms with Crippen LogP contribution < -0.4 is 10.3 Å². The second kappa shape index (κ2) is 12.5. The summed E-state index contributed by atoms with van der Waals surface area (Å²) in [4.78, 5) is 33.0. The third kappa shape index (κ3) is 6.56. The van der Waals surface area contributed by atoms with Gasteiger partial charge >= 0.3 is 0 Å². The van der Waals surface area contributed by atoms with E-state index in [9.17, 15) is 18.0 Å². The van der Waals surface area contributed by atoms with Gasteiger partial charge in [-0.05, 0) is 69.1 Å². The molecule has 1 N–H and O–H groups in total. The summed E-state index contributed by atoms with van der Waals surface area (Å²) in [7, 11) is -1.05. The molecule has 3 heterocycles. The maximum Gasteiger partial charge on any atom is 0.296 e. The Kier molecular flexibility index (Phi) is 9.10. The van der Waals surface area contributed by atoms with Crippen LogP contribution in [0, 0.1) is 19.8 Å². The average Bonchev–Trinajstić information content (AvgIpc) is 3.65. The van der Waals surface area contributed by atoms with Crippen molar-refractivity contribution in [2.75, 3.05) is 31.4 Å². The number of sulfonamides is 1. The minimum atomic E-state index is -4.41. The Morgan fingerprint density at radius 1 is 1.12 bits per heavy atom. The molecule has 0 spiro atoms. The fraction of sp³-hybridized carbons (Fsp3) is 0.333. The van der Waals surface area contributed by atoms with Crippen molar-refractivity contribution in [2.45, 2.75) is 31.7 Å². The van der Waals surface area contributed by atoms with Crippen LogP contribution in [-0.4, -0.2) is 60.2 Å². The minimum Gasteiger partial charge on any atom is -0.341 e. The molecule has 1 aliphatic rings. The van der Waals surface area contributed by atoms with Crippen molar-refractivity contribution in [3.05, 3.63) is 96.0 Å². The van der Waals surface area contributed by atoms with Crippen LogP contribution in [0.15, 0.2) is 64.3 Å². The first-order valence-electron chi connectivity index (χ1n) is 13.7. The molecule has 2 aromatic heterocycles. The van der Waals surface area contributed by atoms with Crippen molar-refractivity contribution in [1.29, 1.82) is 0 Å². The Balaban J connectivity index is 1.34. The highest BCUT2D eigenvalue weighted by molar-refractivity contribution is 7.92. The summed E-state index contributed by atoms with van der Waals surface area (Å²) in [5.41, 5.74) is 0.381. The number of aromatic nitrogens is 2. The lowest BCUT2D eigenvalue weighted by Crippen LogP contribution is -2.33. The number of nitrogens with zero attached hydrogens (tertiary/aromatic N) is 4. The highest BCUT2D eigenvalue weighted by Crippen LogP contribution is 2.33. The van der Waals surface area contributed by atoms with Crippen molar-refractivity contribution in [3.8, 4) is 5.69 Å². The highest BCUT2D eigenvalue weighted by Gasteiger charge is 2.29. The second-order valence-corrected chi connectivity index (χ2v) is 14.7. The van der Waals surface area contributed by atoms with Gasteiger partial charge in [-0.2, -0.15) is 0 Å². The van der Waals surface area contributed by atoms with Crippen molar-refractivity contribution >= 4 is 56.2 Å². The number of halogens is 2. The molecule has 13 heteroatoms. The number of likely N-dealkylation sites (tertiary alicyclic amines) is 1. The zero-order valence-corrected chi connectivity index (χ0v) is 27.4. The van der Waals surface area contributed by atoms with Crippen LogP contribution >= 0.6 is 34.5 Å². The number of carbonyl (C=O) groups excluding carboxylic acids is 1. The lowest BCUT2D eigenvalue weighted by atomic mass is 10.1. The second-order valence-electron chi connectivity index (χ2n) is 10.9. The number of hydrogen-bond acceptors (Lipinski definition) is 6. The average molecular weight is 663 g/mol. The number of amides is 1. The van der Waals surface area contributed by atoms with Crippen LogP contribution in [0.25, 0.3) is 5.69 Å². The molecule has 1 atom stereocenters. The van der Waals surface area contributed by atoms with E-state index < -0.39 is 15.6 Å². The van der Waals surface area contributed by atoms with E-state index in [0.717, 1.165) is 26.1 Å². The predicted molar refractivity (Wildman–Crippen MR) is 172 cm³/mol. The van der Waals surface area contributed by atoms with Gasteiger partial charge in [0.05, 0.1) is 21.4 Å². The van der Waals surface area contributed by atoms with Crippen molar-refractivity contribution in [3.63, 3.8) is 0 Å². The molecule has 1 fully saturated rings. The van der Waals surface area contributed by atoms with Gasteiger partial charge in [-0.15, -0.1) is 11.3 Å². The molecule has 0 radical (unpaired) electrons. The van der Waals surface area contributed by atoms with Gasteiger partial charge in [-0.3, -0.25) is 23.9 Å². The number of benzene rings is 2.